The number of nitrogens with one attached hydrogen (secondary N) is 2. The number of carbonyl (C=O) groups is 2. The normalized spacial score (nSPS) is 11.1. The molecule has 198 valence electrons. The van der Waals surface area contributed by atoms with Gasteiger partial charge in [-0.15, -0.1) is 0 Å². The molecule has 11 nitrogen and oxygen atoms in total. The third-order valence-electron chi connectivity index (χ3n) is 5.55. The van der Waals surface area contributed by atoms with Crippen molar-refractivity contribution in [1.82, 2.24) is 9.97 Å². The Morgan fingerprint density at radius 2 is 1.13 bits per heavy atom. The van der Waals surface area contributed by atoms with E-state index >= 15 is 0 Å². The van der Waals surface area contributed by atoms with Crippen LogP contribution in [-0.4, -0.2) is 59.5 Å². The number of ether oxygens (including phenoxy) is 4. The van der Waals surface area contributed by atoms with E-state index in [1.54, 1.807) is 62.4 Å². The molecule has 38 heavy (non-hydrogen) atoms. The van der Waals surface area contributed by atoms with Gasteiger partial charge in [-0.25, -0.2) is 9.59 Å². The molecule has 0 saturated carbocycles. The van der Waals surface area contributed by atoms with Crippen molar-refractivity contribution in [3.8, 4) is 11.8 Å². The minimum absolute atomic E-state index is 0.0494. The zero-order valence-corrected chi connectivity index (χ0v) is 20.7. The van der Waals surface area contributed by atoms with Crippen molar-refractivity contribution < 1.29 is 33.6 Å². The second kappa shape index (κ2) is 11.6. The molecule has 0 fully saturated rings. The lowest BCUT2D eigenvalue weighted by Crippen LogP contribution is -2.29. The number of esters is 2. The maximum atomic E-state index is 12.9. The summed E-state index contributed by atoms with van der Waals surface area (Å²) in [4.78, 5) is 56.7. The highest BCUT2D eigenvalue weighted by atomic mass is 16.5. The predicted octanol–water partition coefficient (Wildman–Crippen LogP) is 2.54. The van der Waals surface area contributed by atoms with E-state index in [2.05, 4.69) is 9.97 Å². The fourth-order valence-corrected chi connectivity index (χ4v) is 3.83. The second-order valence-corrected chi connectivity index (χ2v) is 8.12. The maximum Gasteiger partial charge on any atom is 0.347 e. The van der Waals surface area contributed by atoms with Gasteiger partial charge in [0.05, 0.1) is 24.2 Å². The van der Waals surface area contributed by atoms with E-state index in [1.165, 1.54) is 0 Å². The molecule has 11 heteroatoms. The van der Waals surface area contributed by atoms with Crippen LogP contribution in [0.2, 0.25) is 0 Å². The first kappa shape index (κ1) is 26.4. The Morgan fingerprint density at radius 3 is 1.53 bits per heavy atom. The summed E-state index contributed by atoms with van der Waals surface area (Å²) in [6.07, 6.45) is -1.29. The van der Waals surface area contributed by atoms with Crippen LogP contribution in [0.1, 0.15) is 34.6 Å². The Hall–Kier alpha value is -4.64. The van der Waals surface area contributed by atoms with Gasteiger partial charge >= 0.3 is 11.9 Å². The quantitative estimate of drug-likeness (QED) is 0.266. The SMILES string of the molecule is CCOC(=O)c1c(OCC(O)COc2[nH]c3ccccc3c(=O)c2C(=O)OCC)[nH]c2ccccc2c1=O. The molecule has 0 saturated heterocycles. The summed E-state index contributed by atoms with van der Waals surface area (Å²) in [6, 6.07) is 13.2. The lowest BCUT2D eigenvalue weighted by atomic mass is 10.1. The van der Waals surface area contributed by atoms with Gasteiger partial charge in [-0.3, -0.25) is 9.59 Å². The van der Waals surface area contributed by atoms with E-state index in [0.29, 0.717) is 11.0 Å². The van der Waals surface area contributed by atoms with E-state index in [0.717, 1.165) is 0 Å². The number of aromatic amines is 2. The lowest BCUT2D eigenvalue weighted by molar-refractivity contribution is 0.0472. The van der Waals surface area contributed by atoms with E-state index in [4.69, 9.17) is 18.9 Å². The molecule has 4 aromatic rings. The number of hydrogen-bond acceptors (Lipinski definition) is 9. The average Bonchev–Trinajstić information content (AvgIpc) is 2.91. The van der Waals surface area contributed by atoms with Gasteiger partial charge in [0.25, 0.3) is 0 Å². The molecule has 3 N–H and O–H groups in total. The van der Waals surface area contributed by atoms with Crippen LogP contribution >= 0.6 is 0 Å². The number of para-hydroxylation sites is 2. The van der Waals surface area contributed by atoms with Crippen molar-refractivity contribution in [1.29, 1.82) is 0 Å². The first-order valence-electron chi connectivity index (χ1n) is 11.9. The van der Waals surface area contributed by atoms with Crippen LogP contribution in [0.3, 0.4) is 0 Å². The molecule has 0 aliphatic carbocycles. The van der Waals surface area contributed by atoms with Gasteiger partial charge < -0.3 is 34.0 Å². The molecule has 0 aliphatic rings. The first-order valence-corrected chi connectivity index (χ1v) is 11.9. The van der Waals surface area contributed by atoms with Crippen LogP contribution in [0.25, 0.3) is 21.8 Å². The molecular formula is C27H26N2O9. The summed E-state index contributed by atoms with van der Waals surface area (Å²) >= 11 is 0. The van der Waals surface area contributed by atoms with Crippen LogP contribution in [0, 0.1) is 0 Å². The minimum Gasteiger partial charge on any atom is -0.475 e. The van der Waals surface area contributed by atoms with Gasteiger partial charge in [0, 0.05) is 10.8 Å². The number of pyridine rings is 2. The molecule has 0 unspecified atom stereocenters. The molecule has 4 rings (SSSR count). The van der Waals surface area contributed by atoms with Crippen LogP contribution < -0.4 is 20.3 Å². The van der Waals surface area contributed by atoms with E-state index in [1.807, 2.05) is 0 Å². The predicted molar refractivity (Wildman–Crippen MR) is 138 cm³/mol. The summed E-state index contributed by atoms with van der Waals surface area (Å²) in [5, 5.41) is 11.1. The molecule has 2 aromatic carbocycles. The Kier molecular flexibility index (Phi) is 8.07. The Morgan fingerprint density at radius 1 is 0.737 bits per heavy atom. The first-order chi connectivity index (χ1) is 18.3. The summed E-state index contributed by atoms with van der Waals surface area (Å²) < 4.78 is 21.2. The average molecular weight is 523 g/mol. The third-order valence-corrected chi connectivity index (χ3v) is 5.55. The van der Waals surface area contributed by atoms with Gasteiger partial charge in [0.15, 0.2) is 11.1 Å². The summed E-state index contributed by atoms with van der Waals surface area (Å²) in [5.41, 5.74) is -0.958. The molecule has 0 bridgehead atoms. The molecule has 0 atom stereocenters. The van der Waals surface area contributed by atoms with Crippen LogP contribution in [0.5, 0.6) is 11.8 Å². The highest BCUT2D eigenvalue weighted by Crippen LogP contribution is 2.21. The smallest absolute Gasteiger partial charge is 0.347 e. The zero-order valence-electron chi connectivity index (χ0n) is 20.7. The zero-order chi connectivity index (χ0) is 27.2. The van der Waals surface area contributed by atoms with Gasteiger partial charge in [-0.2, -0.15) is 0 Å². The molecule has 0 radical (unpaired) electrons. The molecule has 2 heterocycles. The van der Waals surface area contributed by atoms with Gasteiger partial charge in [-0.05, 0) is 38.1 Å². The van der Waals surface area contributed by atoms with E-state index < -0.39 is 42.1 Å². The van der Waals surface area contributed by atoms with Crippen molar-refractivity contribution in [2.45, 2.75) is 20.0 Å². The molecule has 0 spiro atoms. The number of benzene rings is 2. The van der Waals surface area contributed by atoms with Crippen LogP contribution in [0.4, 0.5) is 0 Å². The van der Waals surface area contributed by atoms with Crippen molar-refractivity contribution in [2.24, 2.45) is 0 Å². The highest BCUT2D eigenvalue weighted by Gasteiger charge is 2.24. The number of rotatable bonds is 10. The maximum absolute atomic E-state index is 12.9. The Balaban J connectivity index is 1.56. The van der Waals surface area contributed by atoms with Crippen molar-refractivity contribution >= 4 is 33.7 Å². The van der Waals surface area contributed by atoms with Gasteiger partial charge in [0.2, 0.25) is 22.6 Å². The summed E-state index contributed by atoms with van der Waals surface area (Å²) in [7, 11) is 0. The standard InChI is InChI=1S/C27H26N2O9/c1-3-35-26(33)20-22(31)16-9-5-7-11-18(16)28-24(20)37-13-15(30)14-38-25-21(27(34)36-4-2)23(32)17-10-6-8-12-19(17)29-25/h5-12,15,30H,3-4,13-14H2,1-2H3,(H,28,31)(H,29,32). The number of aliphatic hydroxyl groups excluding tert-OH is 1. The Labute approximate surface area is 215 Å². The van der Waals surface area contributed by atoms with Crippen LogP contribution in [0.15, 0.2) is 58.1 Å². The lowest BCUT2D eigenvalue weighted by Gasteiger charge is -2.17. The molecule has 0 aliphatic heterocycles. The largest absolute Gasteiger partial charge is 0.475 e. The molecule has 0 amide bonds. The van der Waals surface area contributed by atoms with Crippen LogP contribution in [-0.2, 0) is 9.47 Å². The van der Waals surface area contributed by atoms with E-state index in [9.17, 15) is 24.3 Å². The van der Waals surface area contributed by atoms with Crippen molar-refractivity contribution in [3.05, 3.63) is 80.1 Å². The molecular weight excluding hydrogens is 496 g/mol. The summed E-state index contributed by atoms with van der Waals surface area (Å²) in [6.45, 7) is 2.52. The third kappa shape index (κ3) is 5.37. The van der Waals surface area contributed by atoms with Crippen molar-refractivity contribution in [3.63, 3.8) is 0 Å². The number of aliphatic hydroxyl groups is 1. The van der Waals surface area contributed by atoms with E-state index in [-0.39, 0.29) is 46.9 Å². The number of carbonyl (C=O) groups excluding carboxylic acids is 2. The van der Waals surface area contributed by atoms with Gasteiger partial charge in [-0.1, -0.05) is 24.3 Å². The number of hydrogen-bond donors (Lipinski definition) is 3. The monoisotopic (exact) mass is 522 g/mol. The minimum atomic E-state index is -1.29. The van der Waals surface area contributed by atoms with Gasteiger partial charge in [0.1, 0.15) is 19.3 Å². The second-order valence-electron chi connectivity index (χ2n) is 8.12. The molecule has 2 aromatic heterocycles. The summed E-state index contributed by atoms with van der Waals surface area (Å²) in [5.74, 6) is -2.07. The number of aromatic nitrogens is 2. The number of fused-ring (bicyclic) bond motifs is 2. The highest BCUT2D eigenvalue weighted by molar-refractivity contribution is 5.97. The fourth-order valence-electron chi connectivity index (χ4n) is 3.83. The topological polar surface area (TPSA) is 157 Å². The number of H-pyrrole nitrogens is 2. The Bertz CT molecular complexity index is 1490. The fraction of sp³-hybridized carbons (Fsp3) is 0.259. The van der Waals surface area contributed by atoms with Crippen molar-refractivity contribution in [2.75, 3.05) is 26.4 Å².